The number of hydrogen-bond donors (Lipinski definition) is 1. The molecule has 0 aromatic carbocycles. The zero-order chi connectivity index (χ0) is 13.1. The fraction of sp³-hybridized carbons (Fsp3) is 0.769. The van der Waals surface area contributed by atoms with Gasteiger partial charge in [-0.1, -0.05) is 34.6 Å². The third kappa shape index (κ3) is 3.76. The van der Waals surface area contributed by atoms with E-state index < -0.39 is 0 Å². The fourth-order valence-corrected chi connectivity index (χ4v) is 2.98. The lowest BCUT2D eigenvalue weighted by molar-refractivity contribution is 0.282. The zero-order valence-electron chi connectivity index (χ0n) is 11.6. The summed E-state index contributed by atoms with van der Waals surface area (Å²) in [6, 6.07) is 0. The van der Waals surface area contributed by atoms with Crippen molar-refractivity contribution in [2.45, 2.75) is 53.2 Å². The van der Waals surface area contributed by atoms with Crippen molar-refractivity contribution in [1.29, 1.82) is 0 Å². The molecule has 0 fully saturated rings. The number of aliphatic hydroxyl groups is 1. The van der Waals surface area contributed by atoms with Gasteiger partial charge in [-0.2, -0.15) is 0 Å². The molecule has 4 heteroatoms. The lowest BCUT2D eigenvalue weighted by Crippen LogP contribution is -2.22. The van der Waals surface area contributed by atoms with Crippen LogP contribution in [-0.4, -0.2) is 28.1 Å². The minimum Gasteiger partial charge on any atom is -0.391 e. The molecule has 0 aliphatic carbocycles. The molecule has 98 valence electrons. The number of hydrogen-bond acceptors (Lipinski definition) is 4. The summed E-state index contributed by atoms with van der Waals surface area (Å²) in [5.74, 6) is 0. The van der Waals surface area contributed by atoms with E-state index in [1.54, 1.807) is 11.3 Å². The number of rotatable bonds is 5. The van der Waals surface area contributed by atoms with Crippen molar-refractivity contribution in [3.05, 3.63) is 15.6 Å². The second-order valence-electron chi connectivity index (χ2n) is 5.25. The summed E-state index contributed by atoms with van der Waals surface area (Å²) < 4.78 is 0. The Morgan fingerprint density at radius 2 is 1.82 bits per heavy atom. The molecule has 1 aromatic heterocycles. The molecule has 0 amide bonds. The van der Waals surface area contributed by atoms with E-state index in [1.165, 1.54) is 0 Å². The number of aromatic nitrogens is 1. The Bertz CT molecular complexity index is 351. The van der Waals surface area contributed by atoms with Crippen molar-refractivity contribution in [2.75, 3.05) is 13.1 Å². The van der Waals surface area contributed by atoms with E-state index in [1.807, 2.05) is 0 Å². The summed E-state index contributed by atoms with van der Waals surface area (Å²) in [5.41, 5.74) is 1.06. The Morgan fingerprint density at radius 3 is 2.18 bits per heavy atom. The minimum atomic E-state index is 0.00999. The average molecular weight is 256 g/mol. The largest absolute Gasteiger partial charge is 0.391 e. The van der Waals surface area contributed by atoms with Crippen LogP contribution in [0.3, 0.4) is 0 Å². The highest BCUT2D eigenvalue weighted by molar-refractivity contribution is 7.11. The molecule has 0 saturated carbocycles. The average Bonchev–Trinajstić information content (AvgIpc) is 2.68. The Morgan fingerprint density at radius 1 is 1.24 bits per heavy atom. The van der Waals surface area contributed by atoms with Gasteiger partial charge in [0.25, 0.3) is 0 Å². The topological polar surface area (TPSA) is 36.4 Å². The van der Waals surface area contributed by atoms with Gasteiger partial charge < -0.3 is 5.11 Å². The van der Waals surface area contributed by atoms with Crippen molar-refractivity contribution in [3.8, 4) is 0 Å². The van der Waals surface area contributed by atoms with Crippen LogP contribution >= 0.6 is 11.3 Å². The van der Waals surface area contributed by atoms with Crippen molar-refractivity contribution < 1.29 is 5.11 Å². The Labute approximate surface area is 108 Å². The van der Waals surface area contributed by atoms with Crippen molar-refractivity contribution in [3.63, 3.8) is 0 Å². The van der Waals surface area contributed by atoms with Crippen LogP contribution in [0.25, 0.3) is 0 Å². The van der Waals surface area contributed by atoms with E-state index >= 15 is 0 Å². The standard InChI is InChI=1S/C13H24N2OS/c1-6-15(7-2)8-11-14-12(13(3,4)5)10(9-16)17-11/h16H,6-9H2,1-5H3. The molecule has 1 N–H and O–H groups in total. The lowest BCUT2D eigenvalue weighted by atomic mass is 9.91. The molecule has 1 rings (SSSR count). The van der Waals surface area contributed by atoms with Crippen LogP contribution < -0.4 is 0 Å². The van der Waals surface area contributed by atoms with E-state index in [0.717, 1.165) is 35.2 Å². The van der Waals surface area contributed by atoms with E-state index in [4.69, 9.17) is 4.98 Å². The summed E-state index contributed by atoms with van der Waals surface area (Å²) in [6.45, 7) is 13.8. The molecule has 3 nitrogen and oxygen atoms in total. The molecule has 1 aromatic rings. The maximum Gasteiger partial charge on any atom is 0.107 e. The second kappa shape index (κ2) is 5.94. The van der Waals surface area contributed by atoms with Crippen LogP contribution in [0.4, 0.5) is 0 Å². The van der Waals surface area contributed by atoms with Crippen molar-refractivity contribution >= 4 is 11.3 Å². The SMILES string of the molecule is CCN(CC)Cc1nc(C(C)(C)C)c(CO)s1. The highest BCUT2D eigenvalue weighted by Gasteiger charge is 2.23. The molecular weight excluding hydrogens is 232 g/mol. The molecule has 0 atom stereocenters. The van der Waals surface area contributed by atoms with Gasteiger partial charge >= 0.3 is 0 Å². The summed E-state index contributed by atoms with van der Waals surface area (Å²) in [7, 11) is 0. The van der Waals surface area contributed by atoms with Crippen LogP contribution in [0.2, 0.25) is 0 Å². The lowest BCUT2D eigenvalue weighted by Gasteiger charge is -2.17. The molecular formula is C13H24N2OS. The first-order valence-corrected chi connectivity index (χ1v) is 7.06. The zero-order valence-corrected chi connectivity index (χ0v) is 12.4. The smallest absolute Gasteiger partial charge is 0.107 e. The first-order valence-electron chi connectivity index (χ1n) is 6.24. The predicted molar refractivity (Wildman–Crippen MR) is 73.4 cm³/mol. The fourth-order valence-electron chi connectivity index (χ4n) is 1.80. The summed E-state index contributed by atoms with van der Waals surface area (Å²) >= 11 is 1.64. The highest BCUT2D eigenvalue weighted by atomic mass is 32.1. The monoisotopic (exact) mass is 256 g/mol. The van der Waals surface area contributed by atoms with Gasteiger partial charge in [-0.25, -0.2) is 4.98 Å². The molecule has 0 bridgehead atoms. The molecule has 0 aliphatic heterocycles. The molecule has 1 heterocycles. The Balaban J connectivity index is 2.93. The minimum absolute atomic E-state index is 0.00999. The van der Waals surface area contributed by atoms with Gasteiger partial charge in [0.1, 0.15) is 5.01 Å². The van der Waals surface area contributed by atoms with Crippen LogP contribution in [-0.2, 0) is 18.6 Å². The van der Waals surface area contributed by atoms with Crippen LogP contribution in [0.1, 0.15) is 50.2 Å². The number of aliphatic hydroxyl groups excluding tert-OH is 1. The van der Waals surface area contributed by atoms with E-state index in [-0.39, 0.29) is 12.0 Å². The Kier molecular flexibility index (Phi) is 5.10. The Hall–Kier alpha value is -0.450. The van der Waals surface area contributed by atoms with Gasteiger partial charge in [0.15, 0.2) is 0 Å². The van der Waals surface area contributed by atoms with Crippen molar-refractivity contribution in [2.24, 2.45) is 0 Å². The van der Waals surface area contributed by atoms with Crippen LogP contribution in [0.15, 0.2) is 0 Å². The summed E-state index contributed by atoms with van der Waals surface area (Å²) in [6.07, 6.45) is 0. The van der Waals surface area contributed by atoms with Gasteiger partial charge in [0, 0.05) is 5.41 Å². The first kappa shape index (κ1) is 14.6. The number of thiazole rings is 1. The van der Waals surface area contributed by atoms with Crippen molar-refractivity contribution in [1.82, 2.24) is 9.88 Å². The third-order valence-electron chi connectivity index (χ3n) is 2.85. The van der Waals surface area contributed by atoms with Gasteiger partial charge in [-0.15, -0.1) is 11.3 Å². The summed E-state index contributed by atoms with van der Waals surface area (Å²) in [5, 5.41) is 10.5. The van der Waals surface area contributed by atoms with Gasteiger partial charge in [-0.05, 0) is 13.1 Å². The molecule has 0 unspecified atom stereocenters. The normalized spacial score (nSPS) is 12.4. The van der Waals surface area contributed by atoms with Gasteiger partial charge in [0.05, 0.1) is 23.7 Å². The quantitative estimate of drug-likeness (QED) is 0.880. The maximum atomic E-state index is 9.40. The van der Waals surface area contributed by atoms with Gasteiger partial charge in [-0.3, -0.25) is 4.90 Å². The predicted octanol–water partition coefficient (Wildman–Crippen LogP) is 2.77. The van der Waals surface area contributed by atoms with Gasteiger partial charge in [0.2, 0.25) is 0 Å². The molecule has 0 radical (unpaired) electrons. The van der Waals surface area contributed by atoms with Crippen LogP contribution in [0.5, 0.6) is 0 Å². The third-order valence-corrected chi connectivity index (χ3v) is 3.87. The first-order chi connectivity index (χ1) is 7.92. The molecule has 17 heavy (non-hydrogen) atoms. The maximum absolute atomic E-state index is 9.40. The van der Waals surface area contributed by atoms with E-state index in [0.29, 0.717) is 0 Å². The molecule has 0 aliphatic rings. The van der Waals surface area contributed by atoms with E-state index in [9.17, 15) is 5.11 Å². The summed E-state index contributed by atoms with van der Waals surface area (Å²) in [4.78, 5) is 8.06. The van der Waals surface area contributed by atoms with Crippen LogP contribution in [0, 0.1) is 0 Å². The van der Waals surface area contributed by atoms with E-state index in [2.05, 4.69) is 39.5 Å². The molecule has 0 saturated heterocycles. The number of nitrogens with zero attached hydrogens (tertiary/aromatic N) is 2. The second-order valence-corrected chi connectivity index (χ2v) is 6.42. The molecule has 0 spiro atoms. The highest BCUT2D eigenvalue weighted by Crippen LogP contribution is 2.30.